The predicted molar refractivity (Wildman–Crippen MR) is 95.8 cm³/mol. The third-order valence-electron chi connectivity index (χ3n) is 4.96. The molecule has 2 aromatic rings. The molecule has 1 amide bonds. The zero-order valence-electron chi connectivity index (χ0n) is 13.7. The van der Waals surface area contributed by atoms with Crippen molar-refractivity contribution in [3.8, 4) is 0 Å². The molecule has 3 heterocycles. The van der Waals surface area contributed by atoms with Crippen LogP contribution in [0.5, 0.6) is 0 Å². The fourth-order valence-corrected chi connectivity index (χ4v) is 5.79. The quantitative estimate of drug-likeness (QED) is 0.869. The molecule has 1 N–H and O–H groups in total. The Hall–Kier alpha value is -1.86. The topological polar surface area (TPSA) is 81.1 Å². The molecule has 0 unspecified atom stereocenters. The number of carbonyl (C=O) groups is 1. The molecule has 0 bridgehead atoms. The molecule has 132 valence electrons. The van der Waals surface area contributed by atoms with E-state index in [1.807, 2.05) is 31.2 Å². The number of halogens is 1. The number of sulfone groups is 1. The molecule has 25 heavy (non-hydrogen) atoms. The summed E-state index contributed by atoms with van der Waals surface area (Å²) in [5, 5.41) is 8.09. The van der Waals surface area contributed by atoms with Gasteiger partial charge >= 0.3 is 0 Å². The van der Waals surface area contributed by atoms with Crippen LogP contribution in [0.2, 0.25) is 5.02 Å². The first-order valence-corrected chi connectivity index (χ1v) is 10.4. The van der Waals surface area contributed by atoms with Crippen molar-refractivity contribution in [2.24, 2.45) is 0 Å². The Balaban J connectivity index is 1.83. The predicted octanol–water partition coefficient (Wildman–Crippen LogP) is 2.68. The molecular weight excluding hydrogens is 362 g/mol. The third kappa shape index (κ3) is 2.85. The van der Waals surface area contributed by atoms with Crippen LogP contribution in [0.4, 0.5) is 5.82 Å². The summed E-state index contributed by atoms with van der Waals surface area (Å²) in [4.78, 5) is 12.3. The van der Waals surface area contributed by atoms with Crippen molar-refractivity contribution >= 4 is 33.2 Å². The summed E-state index contributed by atoms with van der Waals surface area (Å²) in [6.45, 7) is 1.89. The summed E-state index contributed by atoms with van der Waals surface area (Å²) in [5.41, 5.74) is 2.61. The van der Waals surface area contributed by atoms with Gasteiger partial charge in [-0.15, -0.1) is 0 Å². The van der Waals surface area contributed by atoms with Crippen LogP contribution >= 0.6 is 11.6 Å². The van der Waals surface area contributed by atoms with E-state index in [1.165, 1.54) is 0 Å². The van der Waals surface area contributed by atoms with Gasteiger partial charge in [0, 0.05) is 22.9 Å². The van der Waals surface area contributed by atoms with Gasteiger partial charge in [-0.05, 0) is 25.0 Å². The maximum Gasteiger partial charge on any atom is 0.226 e. The lowest BCUT2D eigenvalue weighted by atomic mass is 9.86. The van der Waals surface area contributed by atoms with Crippen LogP contribution in [0.1, 0.15) is 41.6 Å². The number of aryl methyl sites for hydroxylation is 1. The van der Waals surface area contributed by atoms with Crippen molar-refractivity contribution in [2.75, 3.05) is 16.8 Å². The first-order chi connectivity index (χ1) is 11.9. The zero-order valence-corrected chi connectivity index (χ0v) is 15.3. The van der Waals surface area contributed by atoms with Gasteiger partial charge in [-0.3, -0.25) is 4.79 Å². The maximum absolute atomic E-state index is 12.3. The van der Waals surface area contributed by atoms with Crippen LogP contribution in [0.25, 0.3) is 0 Å². The number of hydrogen-bond acceptors (Lipinski definition) is 4. The van der Waals surface area contributed by atoms with Gasteiger partial charge in [0.05, 0.1) is 23.2 Å². The smallest absolute Gasteiger partial charge is 0.226 e. The van der Waals surface area contributed by atoms with E-state index in [0.717, 1.165) is 16.8 Å². The van der Waals surface area contributed by atoms with Crippen LogP contribution in [-0.4, -0.2) is 35.6 Å². The number of fused-ring (bicyclic) bond motifs is 1. The minimum Gasteiger partial charge on any atom is -0.311 e. The highest BCUT2D eigenvalue weighted by molar-refractivity contribution is 7.91. The lowest BCUT2D eigenvalue weighted by molar-refractivity contribution is -0.116. The van der Waals surface area contributed by atoms with Crippen LogP contribution in [-0.2, 0) is 14.6 Å². The van der Waals surface area contributed by atoms with Crippen LogP contribution < -0.4 is 5.32 Å². The second kappa shape index (κ2) is 5.85. The van der Waals surface area contributed by atoms with E-state index >= 15 is 0 Å². The Morgan fingerprint density at radius 1 is 1.32 bits per heavy atom. The van der Waals surface area contributed by atoms with E-state index in [9.17, 15) is 13.2 Å². The Morgan fingerprint density at radius 3 is 2.76 bits per heavy atom. The lowest BCUT2D eigenvalue weighted by Gasteiger charge is -2.26. The molecule has 0 radical (unpaired) electrons. The van der Waals surface area contributed by atoms with Gasteiger partial charge < -0.3 is 5.32 Å². The minimum absolute atomic E-state index is 0.0627. The molecule has 8 heteroatoms. The van der Waals surface area contributed by atoms with Gasteiger partial charge in [0.25, 0.3) is 0 Å². The van der Waals surface area contributed by atoms with Crippen molar-refractivity contribution in [3.63, 3.8) is 0 Å². The summed E-state index contributed by atoms with van der Waals surface area (Å²) in [6.07, 6.45) is 0.814. The monoisotopic (exact) mass is 379 g/mol. The van der Waals surface area contributed by atoms with Crippen LogP contribution in [0.15, 0.2) is 24.3 Å². The van der Waals surface area contributed by atoms with Gasteiger partial charge in [0.15, 0.2) is 9.84 Å². The van der Waals surface area contributed by atoms with Crippen molar-refractivity contribution in [1.29, 1.82) is 0 Å². The fourth-order valence-electron chi connectivity index (χ4n) is 3.83. The van der Waals surface area contributed by atoms with E-state index in [1.54, 1.807) is 4.68 Å². The summed E-state index contributed by atoms with van der Waals surface area (Å²) < 4.78 is 25.4. The number of rotatable bonds is 2. The maximum atomic E-state index is 12.3. The number of aromatic nitrogens is 2. The molecule has 2 aliphatic rings. The second-order valence-corrected chi connectivity index (χ2v) is 9.31. The lowest BCUT2D eigenvalue weighted by Crippen LogP contribution is -2.26. The highest BCUT2D eigenvalue weighted by Crippen LogP contribution is 2.43. The minimum atomic E-state index is -3.04. The first-order valence-electron chi connectivity index (χ1n) is 8.19. The van der Waals surface area contributed by atoms with Crippen LogP contribution in [0.3, 0.4) is 0 Å². The largest absolute Gasteiger partial charge is 0.311 e. The van der Waals surface area contributed by atoms with E-state index in [0.29, 0.717) is 23.7 Å². The number of benzene rings is 1. The van der Waals surface area contributed by atoms with Gasteiger partial charge in [0.2, 0.25) is 5.91 Å². The van der Waals surface area contributed by atoms with Crippen molar-refractivity contribution in [1.82, 2.24) is 9.78 Å². The van der Waals surface area contributed by atoms with E-state index in [2.05, 4.69) is 10.4 Å². The Labute approximate surface area is 151 Å². The Kier molecular flexibility index (Phi) is 3.88. The molecule has 2 aliphatic heterocycles. The molecule has 6 nitrogen and oxygen atoms in total. The Morgan fingerprint density at radius 2 is 2.08 bits per heavy atom. The molecule has 1 saturated heterocycles. The number of amides is 1. The van der Waals surface area contributed by atoms with Crippen molar-refractivity contribution in [2.45, 2.75) is 31.7 Å². The van der Waals surface area contributed by atoms with Crippen molar-refractivity contribution in [3.05, 3.63) is 46.1 Å². The summed E-state index contributed by atoms with van der Waals surface area (Å²) in [5.74, 6) is 0.546. The highest BCUT2D eigenvalue weighted by Gasteiger charge is 2.37. The fraction of sp³-hybridized carbons (Fsp3) is 0.412. The van der Waals surface area contributed by atoms with Crippen molar-refractivity contribution < 1.29 is 13.2 Å². The summed E-state index contributed by atoms with van der Waals surface area (Å²) in [7, 11) is -3.04. The Bertz CT molecular complexity index is 968. The molecule has 1 fully saturated rings. The number of anilines is 1. The average Bonchev–Trinajstić information content (AvgIpc) is 3.07. The van der Waals surface area contributed by atoms with Gasteiger partial charge in [-0.1, -0.05) is 29.8 Å². The first kappa shape index (κ1) is 16.6. The molecule has 1 aromatic heterocycles. The molecular formula is C17H18ClN3O3S. The van der Waals surface area contributed by atoms with E-state index in [-0.39, 0.29) is 29.4 Å². The average molecular weight is 380 g/mol. The molecule has 0 spiro atoms. The molecule has 0 aliphatic carbocycles. The van der Waals surface area contributed by atoms with E-state index < -0.39 is 9.84 Å². The third-order valence-corrected chi connectivity index (χ3v) is 7.06. The number of nitrogens with one attached hydrogen (secondary N) is 1. The molecule has 1 aromatic carbocycles. The SMILES string of the molecule is Cc1nn([C@H]2CCS(=O)(=O)C2)c2c1[C@@H](c1ccccc1Cl)CC(=O)N2. The highest BCUT2D eigenvalue weighted by atomic mass is 35.5. The van der Waals surface area contributed by atoms with Gasteiger partial charge in [-0.2, -0.15) is 5.10 Å². The standard InChI is InChI=1S/C17H18ClN3O3S/c1-10-16-13(12-4-2-3-5-14(12)18)8-15(22)19-17(16)21(20-10)11-6-7-25(23,24)9-11/h2-5,11,13H,6-9H2,1H3,(H,19,22)/t11-,13+/m0/s1. The molecule has 4 rings (SSSR count). The van der Waals surface area contributed by atoms with Crippen LogP contribution in [0, 0.1) is 6.92 Å². The van der Waals surface area contributed by atoms with E-state index in [4.69, 9.17) is 11.6 Å². The zero-order chi connectivity index (χ0) is 17.8. The molecule has 0 saturated carbocycles. The number of carbonyl (C=O) groups excluding carboxylic acids is 1. The summed E-state index contributed by atoms with van der Waals surface area (Å²) >= 11 is 6.36. The normalized spacial score (nSPS) is 24.8. The molecule has 2 atom stereocenters. The van der Waals surface area contributed by atoms with Gasteiger partial charge in [-0.25, -0.2) is 13.1 Å². The number of hydrogen-bond donors (Lipinski definition) is 1. The second-order valence-electron chi connectivity index (χ2n) is 6.68. The van der Waals surface area contributed by atoms with Gasteiger partial charge in [0.1, 0.15) is 5.82 Å². The number of nitrogens with zero attached hydrogens (tertiary/aromatic N) is 2. The summed E-state index contributed by atoms with van der Waals surface area (Å²) in [6, 6.07) is 7.25.